The van der Waals surface area contributed by atoms with Crippen molar-refractivity contribution in [3.05, 3.63) is 0 Å². The van der Waals surface area contributed by atoms with Crippen molar-refractivity contribution in [2.45, 2.75) is 20.3 Å². The van der Waals surface area contributed by atoms with Crippen molar-refractivity contribution >= 4 is 11.9 Å². The highest BCUT2D eigenvalue weighted by Gasteiger charge is 2.08. The predicted octanol–water partition coefficient (Wildman–Crippen LogP) is -0.155. The van der Waals surface area contributed by atoms with Crippen LogP contribution in [0.1, 0.15) is 20.3 Å². The molecule has 0 fully saturated rings. The lowest BCUT2D eigenvalue weighted by Gasteiger charge is -2.24. The second-order valence-corrected chi connectivity index (χ2v) is 4.05. The Labute approximate surface area is 103 Å². The minimum atomic E-state index is -0.523. The standard InChI is InChI=1S/C11H24N4O2/c1-4-14(3)8-9-15(10(2)16)7-5-6-13-11(12)17/h4-9H2,1-3H3,(H3,12,13,17). The number of nitrogens with one attached hydrogen (secondary N) is 1. The number of hydrogen-bond donors (Lipinski definition) is 2. The number of primary amides is 1. The Hall–Kier alpha value is -1.30. The van der Waals surface area contributed by atoms with E-state index in [9.17, 15) is 9.59 Å². The maximum Gasteiger partial charge on any atom is 0.312 e. The van der Waals surface area contributed by atoms with Crippen LogP contribution in [-0.4, -0.2) is 61.5 Å². The minimum Gasteiger partial charge on any atom is -0.352 e. The largest absolute Gasteiger partial charge is 0.352 e. The van der Waals surface area contributed by atoms with Crippen LogP contribution in [0.25, 0.3) is 0 Å². The summed E-state index contributed by atoms with van der Waals surface area (Å²) in [7, 11) is 2.02. The number of carbonyl (C=O) groups excluding carboxylic acids is 2. The highest BCUT2D eigenvalue weighted by molar-refractivity contribution is 5.73. The number of hydrogen-bond acceptors (Lipinski definition) is 3. The van der Waals surface area contributed by atoms with Gasteiger partial charge in [-0.15, -0.1) is 0 Å². The molecule has 6 heteroatoms. The maximum absolute atomic E-state index is 11.4. The topological polar surface area (TPSA) is 78.7 Å². The molecule has 0 spiro atoms. The molecule has 0 rings (SSSR count). The van der Waals surface area contributed by atoms with E-state index in [4.69, 9.17) is 5.73 Å². The number of nitrogens with zero attached hydrogens (tertiary/aromatic N) is 2. The van der Waals surface area contributed by atoms with Crippen LogP contribution >= 0.6 is 0 Å². The fourth-order valence-corrected chi connectivity index (χ4v) is 1.36. The van der Waals surface area contributed by atoms with E-state index in [2.05, 4.69) is 17.1 Å². The highest BCUT2D eigenvalue weighted by atomic mass is 16.2. The van der Waals surface area contributed by atoms with Gasteiger partial charge in [0.05, 0.1) is 0 Å². The van der Waals surface area contributed by atoms with Crippen molar-refractivity contribution in [2.24, 2.45) is 5.73 Å². The Balaban J connectivity index is 3.83. The Morgan fingerprint density at radius 3 is 2.35 bits per heavy atom. The van der Waals surface area contributed by atoms with Gasteiger partial charge in [0.2, 0.25) is 5.91 Å². The van der Waals surface area contributed by atoms with E-state index in [1.54, 1.807) is 11.8 Å². The summed E-state index contributed by atoms with van der Waals surface area (Å²) in [6, 6.07) is -0.523. The molecule has 3 amide bonds. The van der Waals surface area contributed by atoms with Crippen LogP contribution in [0.2, 0.25) is 0 Å². The van der Waals surface area contributed by atoms with E-state index in [0.717, 1.165) is 26.1 Å². The molecule has 0 unspecified atom stereocenters. The van der Waals surface area contributed by atoms with Gasteiger partial charge >= 0.3 is 6.03 Å². The quantitative estimate of drug-likeness (QED) is 0.583. The number of likely N-dealkylation sites (N-methyl/N-ethyl adjacent to an activating group) is 1. The Morgan fingerprint density at radius 1 is 1.24 bits per heavy atom. The third kappa shape index (κ3) is 8.50. The molecule has 0 aliphatic rings. The first-order valence-corrected chi connectivity index (χ1v) is 5.94. The molecule has 0 aliphatic heterocycles. The van der Waals surface area contributed by atoms with E-state index in [1.807, 2.05) is 7.05 Å². The van der Waals surface area contributed by atoms with Crippen molar-refractivity contribution in [2.75, 3.05) is 39.8 Å². The first-order valence-electron chi connectivity index (χ1n) is 5.94. The zero-order valence-corrected chi connectivity index (χ0v) is 11.0. The van der Waals surface area contributed by atoms with Gasteiger partial charge in [0.1, 0.15) is 0 Å². The van der Waals surface area contributed by atoms with E-state index in [-0.39, 0.29) is 5.91 Å². The molecule has 0 aromatic rings. The van der Waals surface area contributed by atoms with Gasteiger partial charge in [-0.25, -0.2) is 4.79 Å². The van der Waals surface area contributed by atoms with E-state index < -0.39 is 6.03 Å². The summed E-state index contributed by atoms with van der Waals surface area (Å²) in [5.74, 6) is 0.0635. The van der Waals surface area contributed by atoms with Gasteiger partial charge in [-0.3, -0.25) is 4.79 Å². The van der Waals surface area contributed by atoms with Crippen LogP contribution in [0.3, 0.4) is 0 Å². The molecule has 0 radical (unpaired) electrons. The molecule has 0 bridgehead atoms. The zero-order valence-electron chi connectivity index (χ0n) is 11.0. The average Bonchev–Trinajstić information content (AvgIpc) is 2.26. The molecule has 0 saturated carbocycles. The Bertz CT molecular complexity index is 246. The van der Waals surface area contributed by atoms with Crippen LogP contribution in [0, 0.1) is 0 Å². The van der Waals surface area contributed by atoms with Gasteiger partial charge in [0.25, 0.3) is 0 Å². The maximum atomic E-state index is 11.4. The Kier molecular flexibility index (Phi) is 8.13. The normalized spacial score (nSPS) is 10.4. The van der Waals surface area contributed by atoms with Crippen LogP contribution in [0.4, 0.5) is 4.79 Å². The van der Waals surface area contributed by atoms with Crippen LogP contribution < -0.4 is 11.1 Å². The molecule has 0 atom stereocenters. The number of amides is 3. The van der Waals surface area contributed by atoms with E-state index in [0.29, 0.717) is 13.1 Å². The second kappa shape index (κ2) is 8.81. The van der Waals surface area contributed by atoms with E-state index >= 15 is 0 Å². The highest BCUT2D eigenvalue weighted by Crippen LogP contribution is 1.94. The van der Waals surface area contributed by atoms with Crippen molar-refractivity contribution < 1.29 is 9.59 Å². The summed E-state index contributed by atoms with van der Waals surface area (Å²) in [4.78, 5) is 25.8. The summed E-state index contributed by atoms with van der Waals surface area (Å²) in [5, 5.41) is 2.51. The molecule has 0 heterocycles. The summed E-state index contributed by atoms with van der Waals surface area (Å²) >= 11 is 0. The van der Waals surface area contributed by atoms with E-state index in [1.165, 1.54) is 0 Å². The second-order valence-electron chi connectivity index (χ2n) is 4.05. The third-order valence-electron chi connectivity index (χ3n) is 2.64. The number of rotatable bonds is 8. The lowest BCUT2D eigenvalue weighted by molar-refractivity contribution is -0.129. The van der Waals surface area contributed by atoms with Gasteiger partial charge in [-0.1, -0.05) is 6.92 Å². The summed E-state index contributed by atoms with van der Waals surface area (Å²) < 4.78 is 0. The first kappa shape index (κ1) is 15.7. The minimum absolute atomic E-state index is 0.0635. The van der Waals surface area contributed by atoms with Crippen LogP contribution in [-0.2, 0) is 4.79 Å². The lowest BCUT2D eigenvalue weighted by Crippen LogP contribution is -2.38. The molecular formula is C11H24N4O2. The fraction of sp³-hybridized carbons (Fsp3) is 0.818. The summed E-state index contributed by atoms with van der Waals surface area (Å²) in [6.45, 7) is 7.34. The first-order chi connectivity index (χ1) is 7.97. The molecule has 3 N–H and O–H groups in total. The third-order valence-corrected chi connectivity index (χ3v) is 2.64. The Morgan fingerprint density at radius 2 is 1.88 bits per heavy atom. The van der Waals surface area contributed by atoms with Crippen LogP contribution in [0.5, 0.6) is 0 Å². The van der Waals surface area contributed by atoms with Crippen molar-refractivity contribution in [1.29, 1.82) is 0 Å². The molecular weight excluding hydrogens is 220 g/mol. The molecule has 100 valence electrons. The summed E-state index contributed by atoms with van der Waals surface area (Å²) in [6.07, 6.45) is 0.721. The summed E-state index contributed by atoms with van der Waals surface area (Å²) in [5.41, 5.74) is 4.95. The molecule has 6 nitrogen and oxygen atoms in total. The number of nitrogens with two attached hydrogens (primary N) is 1. The van der Waals surface area contributed by atoms with Crippen LogP contribution in [0.15, 0.2) is 0 Å². The zero-order chi connectivity index (χ0) is 13.3. The van der Waals surface area contributed by atoms with Crippen molar-refractivity contribution in [3.8, 4) is 0 Å². The monoisotopic (exact) mass is 244 g/mol. The smallest absolute Gasteiger partial charge is 0.312 e. The predicted molar refractivity (Wildman–Crippen MR) is 67.6 cm³/mol. The number of carbonyl (C=O) groups is 2. The van der Waals surface area contributed by atoms with Gasteiger partial charge in [-0.2, -0.15) is 0 Å². The lowest BCUT2D eigenvalue weighted by atomic mass is 10.3. The van der Waals surface area contributed by atoms with Gasteiger partial charge in [0, 0.05) is 33.1 Å². The molecule has 0 aromatic carbocycles. The molecule has 0 aliphatic carbocycles. The molecule has 0 aromatic heterocycles. The SMILES string of the molecule is CCN(C)CCN(CCCNC(N)=O)C(C)=O. The van der Waals surface area contributed by atoms with Crippen molar-refractivity contribution in [3.63, 3.8) is 0 Å². The van der Waals surface area contributed by atoms with Gasteiger partial charge < -0.3 is 20.9 Å². The van der Waals surface area contributed by atoms with Gasteiger partial charge in [-0.05, 0) is 20.0 Å². The molecule has 17 heavy (non-hydrogen) atoms. The fourth-order valence-electron chi connectivity index (χ4n) is 1.36. The average molecular weight is 244 g/mol. The number of urea groups is 1. The molecule has 0 saturated heterocycles. The van der Waals surface area contributed by atoms with Crippen molar-refractivity contribution in [1.82, 2.24) is 15.1 Å². The van der Waals surface area contributed by atoms with Gasteiger partial charge in [0.15, 0.2) is 0 Å².